The van der Waals surface area contributed by atoms with Crippen LogP contribution in [0.4, 0.5) is 0 Å². The lowest BCUT2D eigenvalue weighted by atomic mass is 10.1. The van der Waals surface area contributed by atoms with Gasteiger partial charge in [-0.25, -0.2) is 4.79 Å². The van der Waals surface area contributed by atoms with Crippen LogP contribution in [0.15, 0.2) is 0 Å². The first kappa shape index (κ1) is 40.6. The van der Waals surface area contributed by atoms with Gasteiger partial charge in [-0.05, 0) is 25.7 Å². The number of rotatable bonds is 28. The molecule has 254 valence electrons. The van der Waals surface area contributed by atoms with Crippen molar-refractivity contribution in [1.82, 2.24) is 21.3 Å². The molecule has 0 unspecified atom stereocenters. The van der Waals surface area contributed by atoms with Crippen LogP contribution in [0.2, 0.25) is 0 Å². The summed E-state index contributed by atoms with van der Waals surface area (Å²) in [6.45, 7) is 5.13. The first-order valence-corrected chi connectivity index (χ1v) is 14.6. The number of unbranched alkanes of at least 4 members (excludes halogenated alkanes) is 1. The quantitative estimate of drug-likeness (QED) is 0.0459. The highest BCUT2D eigenvalue weighted by Crippen LogP contribution is 2.01. The van der Waals surface area contributed by atoms with E-state index in [0.717, 1.165) is 0 Å². The molecule has 0 spiro atoms. The lowest BCUT2D eigenvalue weighted by Crippen LogP contribution is -2.43. The van der Waals surface area contributed by atoms with Crippen LogP contribution in [-0.4, -0.2) is 130 Å². The Morgan fingerprint density at radius 1 is 0.636 bits per heavy atom. The molecule has 44 heavy (non-hydrogen) atoms. The molecule has 0 aromatic rings. The zero-order chi connectivity index (χ0) is 33.2. The van der Waals surface area contributed by atoms with Crippen molar-refractivity contribution in [3.05, 3.63) is 0 Å². The Morgan fingerprint density at radius 2 is 1.14 bits per heavy atom. The van der Waals surface area contributed by atoms with E-state index in [0.29, 0.717) is 25.8 Å². The second-order valence-electron chi connectivity index (χ2n) is 9.91. The fourth-order valence-corrected chi connectivity index (χ4v) is 3.20. The summed E-state index contributed by atoms with van der Waals surface area (Å²) in [7, 11) is 0. The van der Waals surface area contributed by atoms with Crippen LogP contribution >= 0.6 is 0 Å². The summed E-state index contributed by atoms with van der Waals surface area (Å²) in [5.41, 5.74) is 5.40. The van der Waals surface area contributed by atoms with E-state index < -0.39 is 29.9 Å². The standard InChI is InChI=1S/C27H49N5O12/c1-19(2)25(36)32-21(27(39)40)6-7-22(33)30-9-11-41-13-16-44-18-24(35)31-10-12-42-14-15-43-17-23(34)29-8-4-3-5-20(28)26(37)38/h19-21H,3-18,28H2,1-2H3,(H,29,34)(H,30,33)(H,31,35)(H,32,36)(H,37,38)(H,39,40)/t20-,21-/m0/s1. The Morgan fingerprint density at radius 3 is 1.64 bits per heavy atom. The number of carbonyl (C=O) groups excluding carboxylic acids is 4. The van der Waals surface area contributed by atoms with Gasteiger partial charge in [-0.2, -0.15) is 0 Å². The predicted molar refractivity (Wildman–Crippen MR) is 155 cm³/mol. The number of nitrogens with two attached hydrogens (primary N) is 1. The molecule has 0 heterocycles. The van der Waals surface area contributed by atoms with Crippen molar-refractivity contribution < 1.29 is 57.9 Å². The van der Waals surface area contributed by atoms with Gasteiger partial charge in [0.15, 0.2) is 0 Å². The minimum absolute atomic E-state index is 0.0319. The van der Waals surface area contributed by atoms with Crippen molar-refractivity contribution in [1.29, 1.82) is 0 Å². The van der Waals surface area contributed by atoms with Gasteiger partial charge >= 0.3 is 11.9 Å². The van der Waals surface area contributed by atoms with E-state index in [1.807, 2.05) is 0 Å². The molecule has 8 N–H and O–H groups in total. The van der Waals surface area contributed by atoms with E-state index in [2.05, 4.69) is 21.3 Å². The molecule has 0 aliphatic heterocycles. The molecule has 0 saturated carbocycles. The number of hydrogen-bond donors (Lipinski definition) is 7. The van der Waals surface area contributed by atoms with Gasteiger partial charge in [-0.1, -0.05) is 13.8 Å². The third kappa shape index (κ3) is 24.1. The van der Waals surface area contributed by atoms with E-state index in [-0.39, 0.29) is 102 Å². The Hall–Kier alpha value is -3.38. The summed E-state index contributed by atoms with van der Waals surface area (Å²) in [6, 6.07) is -2.03. The maximum atomic E-state index is 11.9. The third-order valence-electron chi connectivity index (χ3n) is 5.73. The first-order valence-electron chi connectivity index (χ1n) is 14.6. The molecule has 17 nitrogen and oxygen atoms in total. The number of carbonyl (C=O) groups is 6. The number of carboxylic acid groups (broad SMARTS) is 2. The van der Waals surface area contributed by atoms with E-state index in [4.69, 9.17) is 29.8 Å². The summed E-state index contributed by atoms with van der Waals surface area (Å²) >= 11 is 0. The number of aliphatic carboxylic acids is 2. The van der Waals surface area contributed by atoms with Crippen molar-refractivity contribution in [3.8, 4) is 0 Å². The highest BCUT2D eigenvalue weighted by Gasteiger charge is 2.22. The Bertz CT molecular complexity index is 874. The molecule has 17 heteroatoms. The van der Waals surface area contributed by atoms with Crippen LogP contribution in [0.25, 0.3) is 0 Å². The monoisotopic (exact) mass is 635 g/mol. The Kier molecular flexibility index (Phi) is 24.1. The number of hydrogen-bond acceptors (Lipinski definition) is 11. The largest absolute Gasteiger partial charge is 0.480 e. The fourth-order valence-electron chi connectivity index (χ4n) is 3.20. The van der Waals surface area contributed by atoms with E-state index in [9.17, 15) is 33.9 Å². The summed E-state index contributed by atoms with van der Waals surface area (Å²) in [5, 5.41) is 28.2. The van der Waals surface area contributed by atoms with Crippen molar-refractivity contribution in [2.24, 2.45) is 11.7 Å². The molecule has 4 amide bonds. The normalized spacial score (nSPS) is 12.3. The van der Waals surface area contributed by atoms with Gasteiger partial charge in [-0.15, -0.1) is 0 Å². The number of ether oxygens (including phenoxy) is 4. The smallest absolute Gasteiger partial charge is 0.326 e. The topological polar surface area (TPSA) is 254 Å². The van der Waals surface area contributed by atoms with Gasteiger partial charge in [0.2, 0.25) is 23.6 Å². The van der Waals surface area contributed by atoms with Crippen LogP contribution in [0.3, 0.4) is 0 Å². The summed E-state index contributed by atoms with van der Waals surface area (Å²) < 4.78 is 21.0. The fraction of sp³-hybridized carbons (Fsp3) is 0.778. The first-order chi connectivity index (χ1) is 20.9. The molecular weight excluding hydrogens is 586 g/mol. The molecule has 0 fully saturated rings. The van der Waals surface area contributed by atoms with Crippen LogP contribution in [0.1, 0.15) is 46.0 Å². The zero-order valence-corrected chi connectivity index (χ0v) is 25.6. The molecule has 0 bridgehead atoms. The maximum Gasteiger partial charge on any atom is 0.326 e. The molecule has 2 atom stereocenters. The highest BCUT2D eigenvalue weighted by atomic mass is 16.5. The minimum atomic E-state index is -1.20. The molecule has 0 saturated heterocycles. The van der Waals surface area contributed by atoms with Crippen LogP contribution in [0, 0.1) is 5.92 Å². The van der Waals surface area contributed by atoms with Gasteiger partial charge in [-0.3, -0.25) is 24.0 Å². The average molecular weight is 636 g/mol. The molecule has 0 aromatic carbocycles. The van der Waals surface area contributed by atoms with Gasteiger partial charge in [0.25, 0.3) is 0 Å². The second-order valence-corrected chi connectivity index (χ2v) is 9.91. The van der Waals surface area contributed by atoms with Gasteiger partial charge in [0, 0.05) is 32.0 Å². The van der Waals surface area contributed by atoms with E-state index in [1.165, 1.54) is 0 Å². The summed E-state index contributed by atoms with van der Waals surface area (Å²) in [5.74, 6) is -3.99. The average Bonchev–Trinajstić information content (AvgIpc) is 2.97. The molecule has 0 rings (SSSR count). The van der Waals surface area contributed by atoms with Gasteiger partial charge in [0.1, 0.15) is 25.3 Å². The Labute approximate surface area is 257 Å². The van der Waals surface area contributed by atoms with E-state index in [1.54, 1.807) is 13.8 Å². The SMILES string of the molecule is CC(C)C(=O)N[C@@H](CCC(=O)NCCOCCOCC(=O)NCCOCCOCC(=O)NCCCC[C@H](N)C(=O)O)C(=O)O. The lowest BCUT2D eigenvalue weighted by Gasteiger charge is -2.15. The van der Waals surface area contributed by atoms with Gasteiger partial charge < -0.3 is 56.2 Å². The Balaban J connectivity index is 3.57. The lowest BCUT2D eigenvalue weighted by molar-refractivity contribution is -0.142. The van der Waals surface area contributed by atoms with Crippen LogP contribution in [-0.2, 0) is 47.7 Å². The molecule has 0 radical (unpaired) electrons. The number of carboxylic acids is 2. The van der Waals surface area contributed by atoms with Crippen LogP contribution in [0.5, 0.6) is 0 Å². The zero-order valence-electron chi connectivity index (χ0n) is 25.6. The summed E-state index contributed by atoms with van der Waals surface area (Å²) in [4.78, 5) is 68.8. The predicted octanol–water partition coefficient (Wildman–Crippen LogP) is -2.01. The maximum absolute atomic E-state index is 11.9. The highest BCUT2D eigenvalue weighted by molar-refractivity contribution is 5.85. The molecule has 0 aromatic heterocycles. The third-order valence-corrected chi connectivity index (χ3v) is 5.73. The van der Waals surface area contributed by atoms with Crippen molar-refractivity contribution in [2.75, 3.05) is 72.5 Å². The van der Waals surface area contributed by atoms with Crippen molar-refractivity contribution >= 4 is 35.6 Å². The molecule has 0 aliphatic rings. The van der Waals surface area contributed by atoms with E-state index >= 15 is 0 Å². The van der Waals surface area contributed by atoms with Gasteiger partial charge in [0.05, 0.1) is 39.6 Å². The number of amides is 4. The van der Waals surface area contributed by atoms with Crippen molar-refractivity contribution in [2.45, 2.75) is 58.0 Å². The summed E-state index contributed by atoms with van der Waals surface area (Å²) in [6.07, 6.45) is 1.45. The van der Waals surface area contributed by atoms with Crippen LogP contribution < -0.4 is 27.0 Å². The van der Waals surface area contributed by atoms with Crippen molar-refractivity contribution in [3.63, 3.8) is 0 Å². The minimum Gasteiger partial charge on any atom is -0.480 e. The number of nitrogens with one attached hydrogen (secondary N) is 4. The molecule has 0 aliphatic carbocycles. The molecular formula is C27H49N5O12. The second kappa shape index (κ2) is 26.1.